The van der Waals surface area contributed by atoms with Gasteiger partial charge in [0, 0.05) is 17.6 Å². The Balaban J connectivity index is 1.57. The number of ether oxygens (including phenoxy) is 1. The smallest absolute Gasteiger partial charge is 0.314 e. The molecule has 2 rings (SSSR count). The second-order valence-corrected chi connectivity index (χ2v) is 6.62. The van der Waals surface area contributed by atoms with Gasteiger partial charge >= 0.3 is 6.03 Å². The zero-order valence-corrected chi connectivity index (χ0v) is 15.9. The zero-order valence-electron chi connectivity index (χ0n) is 13.5. The molecule has 0 heterocycles. The molecule has 2 amide bonds. The first-order valence-corrected chi connectivity index (χ1v) is 9.06. The van der Waals surface area contributed by atoms with Crippen molar-refractivity contribution in [3.63, 3.8) is 0 Å². The second kappa shape index (κ2) is 10.3. The summed E-state index contributed by atoms with van der Waals surface area (Å²) in [6.07, 6.45) is 1.10. The van der Waals surface area contributed by atoms with Crippen LogP contribution in [-0.2, 0) is 6.42 Å². The topological polar surface area (TPSA) is 50.4 Å². The minimum atomic E-state index is -0.280. The highest BCUT2D eigenvalue weighted by molar-refractivity contribution is 9.10. The van der Waals surface area contributed by atoms with Crippen LogP contribution in [0.15, 0.2) is 46.9 Å². The number of benzene rings is 2. The number of amides is 2. The molecule has 0 spiro atoms. The summed E-state index contributed by atoms with van der Waals surface area (Å²) in [5.74, 6) is 0.354. The van der Waals surface area contributed by atoms with Gasteiger partial charge in [0.1, 0.15) is 11.6 Å². The van der Waals surface area contributed by atoms with Crippen LogP contribution in [0.3, 0.4) is 0 Å². The van der Waals surface area contributed by atoms with E-state index in [9.17, 15) is 9.18 Å². The van der Waals surface area contributed by atoms with Crippen LogP contribution < -0.4 is 15.4 Å². The first-order valence-electron chi connectivity index (χ1n) is 7.89. The van der Waals surface area contributed by atoms with E-state index in [1.54, 1.807) is 30.3 Å². The largest absolute Gasteiger partial charge is 0.492 e. The Bertz CT molecular complexity index is 715. The molecule has 0 aliphatic heterocycles. The van der Waals surface area contributed by atoms with Gasteiger partial charge in [-0.1, -0.05) is 45.7 Å². The molecule has 0 fully saturated rings. The highest BCUT2D eigenvalue weighted by atomic mass is 79.9. The van der Waals surface area contributed by atoms with Gasteiger partial charge in [-0.3, -0.25) is 0 Å². The predicted octanol–water partition coefficient (Wildman–Crippen LogP) is 4.55. The maximum Gasteiger partial charge on any atom is 0.314 e. The van der Waals surface area contributed by atoms with Gasteiger partial charge in [0.2, 0.25) is 0 Å². The Labute approximate surface area is 159 Å². The number of hydrogen-bond acceptors (Lipinski definition) is 2. The summed E-state index contributed by atoms with van der Waals surface area (Å²) in [5, 5.41) is 5.96. The summed E-state index contributed by atoms with van der Waals surface area (Å²) in [5.41, 5.74) is 0.586. The Morgan fingerprint density at radius 2 is 1.92 bits per heavy atom. The lowest BCUT2D eigenvalue weighted by Crippen LogP contribution is -2.37. The normalized spacial score (nSPS) is 10.4. The summed E-state index contributed by atoms with van der Waals surface area (Å²) in [4.78, 5) is 11.7. The highest BCUT2D eigenvalue weighted by Crippen LogP contribution is 2.27. The SMILES string of the molecule is O=C(NCCCOc1ccc(Br)cc1Cl)NCCc1ccccc1F. The fraction of sp³-hybridized carbons (Fsp3) is 0.278. The average molecular weight is 430 g/mol. The summed E-state index contributed by atoms with van der Waals surface area (Å²) < 4.78 is 19.9. The van der Waals surface area contributed by atoms with Crippen molar-refractivity contribution in [1.82, 2.24) is 10.6 Å². The Hall–Kier alpha value is -1.79. The molecule has 2 aromatic carbocycles. The standard InChI is InChI=1S/C18H19BrClFN2O2/c19-14-6-7-17(15(20)12-14)25-11-3-9-22-18(24)23-10-8-13-4-1-2-5-16(13)21/h1-2,4-7,12H,3,8-11H2,(H2,22,23,24). The highest BCUT2D eigenvalue weighted by Gasteiger charge is 2.04. The van der Waals surface area contributed by atoms with E-state index in [-0.39, 0.29) is 11.8 Å². The summed E-state index contributed by atoms with van der Waals surface area (Å²) in [7, 11) is 0. The molecule has 4 nitrogen and oxygen atoms in total. The van der Waals surface area contributed by atoms with Crippen molar-refractivity contribution in [2.75, 3.05) is 19.7 Å². The maximum absolute atomic E-state index is 13.4. The summed E-state index contributed by atoms with van der Waals surface area (Å²) in [6.45, 7) is 1.29. The number of halogens is 3. The van der Waals surface area contributed by atoms with Gasteiger partial charge in [0.15, 0.2) is 0 Å². The molecular weight excluding hydrogens is 411 g/mol. The molecule has 0 bridgehead atoms. The van der Waals surface area contributed by atoms with Gasteiger partial charge < -0.3 is 15.4 Å². The molecule has 0 saturated carbocycles. The monoisotopic (exact) mass is 428 g/mol. The third kappa shape index (κ3) is 6.92. The molecule has 2 aromatic rings. The van der Waals surface area contributed by atoms with Crippen LogP contribution in [0.5, 0.6) is 5.75 Å². The van der Waals surface area contributed by atoms with Crippen molar-refractivity contribution in [2.45, 2.75) is 12.8 Å². The fourth-order valence-electron chi connectivity index (χ4n) is 2.12. The Morgan fingerprint density at radius 1 is 1.16 bits per heavy atom. The fourth-order valence-corrected chi connectivity index (χ4v) is 2.85. The van der Waals surface area contributed by atoms with Gasteiger partial charge in [0.05, 0.1) is 11.6 Å². The van der Waals surface area contributed by atoms with Crippen molar-refractivity contribution in [3.05, 3.63) is 63.3 Å². The lowest BCUT2D eigenvalue weighted by molar-refractivity contribution is 0.239. The van der Waals surface area contributed by atoms with E-state index >= 15 is 0 Å². The van der Waals surface area contributed by atoms with Gasteiger partial charge in [-0.2, -0.15) is 0 Å². The number of carbonyl (C=O) groups is 1. The van der Waals surface area contributed by atoms with Gasteiger partial charge in [-0.05, 0) is 42.7 Å². The van der Waals surface area contributed by atoms with E-state index in [1.165, 1.54) is 6.07 Å². The third-order valence-corrected chi connectivity index (χ3v) is 4.18. The molecule has 0 radical (unpaired) electrons. The maximum atomic E-state index is 13.4. The summed E-state index contributed by atoms with van der Waals surface area (Å²) in [6, 6.07) is 11.7. The van der Waals surface area contributed by atoms with Crippen molar-refractivity contribution in [2.24, 2.45) is 0 Å². The van der Waals surface area contributed by atoms with E-state index < -0.39 is 0 Å². The molecule has 0 atom stereocenters. The van der Waals surface area contributed by atoms with Gasteiger partial charge in [-0.25, -0.2) is 9.18 Å². The van der Waals surface area contributed by atoms with Crippen molar-refractivity contribution >= 4 is 33.6 Å². The molecule has 0 unspecified atom stereocenters. The van der Waals surface area contributed by atoms with E-state index in [1.807, 2.05) is 6.07 Å². The van der Waals surface area contributed by atoms with E-state index in [4.69, 9.17) is 16.3 Å². The van der Waals surface area contributed by atoms with Crippen LogP contribution in [0, 0.1) is 5.82 Å². The number of urea groups is 1. The number of rotatable bonds is 8. The van der Waals surface area contributed by atoms with E-state index in [0.29, 0.717) is 48.9 Å². The lowest BCUT2D eigenvalue weighted by atomic mass is 10.1. The van der Waals surface area contributed by atoms with Crippen LogP contribution in [0.2, 0.25) is 5.02 Å². The van der Waals surface area contributed by atoms with Crippen LogP contribution in [0.25, 0.3) is 0 Å². The van der Waals surface area contributed by atoms with E-state index in [0.717, 1.165) is 4.47 Å². The van der Waals surface area contributed by atoms with Crippen LogP contribution in [0.4, 0.5) is 9.18 Å². The number of hydrogen-bond donors (Lipinski definition) is 2. The lowest BCUT2D eigenvalue weighted by Gasteiger charge is -2.10. The quantitative estimate of drug-likeness (QED) is 0.605. The van der Waals surface area contributed by atoms with Crippen molar-refractivity contribution in [3.8, 4) is 5.75 Å². The van der Waals surface area contributed by atoms with Crippen LogP contribution in [0.1, 0.15) is 12.0 Å². The Kier molecular flexibility index (Phi) is 8.01. The molecule has 0 aliphatic carbocycles. The number of carbonyl (C=O) groups excluding carboxylic acids is 1. The summed E-state index contributed by atoms with van der Waals surface area (Å²) >= 11 is 9.38. The third-order valence-electron chi connectivity index (χ3n) is 3.40. The van der Waals surface area contributed by atoms with Crippen LogP contribution in [-0.4, -0.2) is 25.7 Å². The predicted molar refractivity (Wildman–Crippen MR) is 101 cm³/mol. The molecule has 7 heteroatoms. The first-order chi connectivity index (χ1) is 12.1. The van der Waals surface area contributed by atoms with Gasteiger partial charge in [0.25, 0.3) is 0 Å². The molecule has 2 N–H and O–H groups in total. The second-order valence-electron chi connectivity index (χ2n) is 5.30. The van der Waals surface area contributed by atoms with Gasteiger partial charge in [-0.15, -0.1) is 0 Å². The Morgan fingerprint density at radius 3 is 2.68 bits per heavy atom. The minimum absolute atomic E-state index is 0.256. The minimum Gasteiger partial charge on any atom is -0.492 e. The van der Waals surface area contributed by atoms with E-state index in [2.05, 4.69) is 26.6 Å². The molecule has 0 aromatic heterocycles. The van der Waals surface area contributed by atoms with Crippen molar-refractivity contribution in [1.29, 1.82) is 0 Å². The molecule has 0 aliphatic rings. The average Bonchev–Trinajstić information content (AvgIpc) is 2.58. The van der Waals surface area contributed by atoms with Crippen molar-refractivity contribution < 1.29 is 13.9 Å². The molecular formula is C18H19BrClFN2O2. The van der Waals surface area contributed by atoms with Crippen LogP contribution >= 0.6 is 27.5 Å². The first kappa shape index (κ1) is 19.5. The number of nitrogens with one attached hydrogen (secondary N) is 2. The zero-order chi connectivity index (χ0) is 18.1. The molecule has 134 valence electrons. The molecule has 25 heavy (non-hydrogen) atoms. The molecule has 0 saturated heterocycles.